The largest absolute Gasteiger partial charge is 0.316 e. The molecule has 0 saturated carbocycles. The van der Waals surface area contributed by atoms with Gasteiger partial charge in [-0.05, 0) is 68.5 Å². The number of aromatic nitrogens is 2. The minimum absolute atomic E-state index is 0.00230. The van der Waals surface area contributed by atoms with Gasteiger partial charge in [0.05, 0.1) is 27.6 Å². The molecule has 2 atom stereocenters. The minimum Gasteiger partial charge on any atom is -0.316 e. The van der Waals surface area contributed by atoms with Crippen molar-refractivity contribution in [1.29, 1.82) is 0 Å². The fraction of sp³-hybridized carbons (Fsp3) is 0.346. The number of aryl methyl sites for hydroxylation is 2. The zero-order chi connectivity index (χ0) is 22.8. The molecule has 0 bridgehead atoms. The van der Waals surface area contributed by atoms with Gasteiger partial charge in [0.25, 0.3) is 0 Å². The molecule has 7 heteroatoms. The van der Waals surface area contributed by atoms with Gasteiger partial charge in [0, 0.05) is 17.9 Å². The maximum atomic E-state index is 14.1. The predicted octanol–water partition coefficient (Wildman–Crippen LogP) is 6.32. The number of nitrogens with zero attached hydrogens (tertiary/aromatic N) is 3. The Bertz CT molecular complexity index is 1170. The van der Waals surface area contributed by atoms with E-state index in [0.717, 1.165) is 42.2 Å². The number of rotatable bonds is 6. The van der Waals surface area contributed by atoms with Crippen molar-refractivity contribution in [1.82, 2.24) is 15.3 Å². The molecule has 0 amide bonds. The van der Waals surface area contributed by atoms with Crippen LogP contribution < -0.4 is 5.32 Å². The molecule has 0 aliphatic carbocycles. The van der Waals surface area contributed by atoms with Gasteiger partial charge >= 0.3 is 0 Å². The van der Waals surface area contributed by atoms with Gasteiger partial charge in [0.15, 0.2) is 0 Å². The van der Waals surface area contributed by atoms with E-state index >= 15 is 0 Å². The Morgan fingerprint density at radius 1 is 1.03 bits per heavy atom. The first-order chi connectivity index (χ1) is 16.1. The summed E-state index contributed by atoms with van der Waals surface area (Å²) in [6, 6.07) is 12.4. The zero-order valence-corrected chi connectivity index (χ0v) is 19.7. The summed E-state index contributed by atoms with van der Waals surface area (Å²) in [5.74, 6) is 1.03. The van der Waals surface area contributed by atoms with Gasteiger partial charge in [-0.3, -0.25) is 0 Å². The predicted molar refractivity (Wildman–Crippen MR) is 131 cm³/mol. The number of hydrogen-bond donors (Lipinski definition) is 1. The monoisotopic (exact) mass is 482 g/mol. The summed E-state index contributed by atoms with van der Waals surface area (Å²) in [4.78, 5) is 14.4. The summed E-state index contributed by atoms with van der Waals surface area (Å²) in [5.41, 5.74) is 4.01. The summed E-state index contributed by atoms with van der Waals surface area (Å²) < 4.78 is 14.1. The molecule has 2 aromatic carbocycles. The van der Waals surface area contributed by atoms with E-state index in [1.54, 1.807) is 12.3 Å². The highest BCUT2D eigenvalue weighted by Crippen LogP contribution is 2.43. The molecule has 33 heavy (non-hydrogen) atoms. The van der Waals surface area contributed by atoms with Crippen molar-refractivity contribution < 1.29 is 4.39 Å². The van der Waals surface area contributed by atoms with Crippen LogP contribution in [0.2, 0.25) is 10.0 Å². The van der Waals surface area contributed by atoms with Gasteiger partial charge in [-0.1, -0.05) is 47.5 Å². The van der Waals surface area contributed by atoms with Crippen molar-refractivity contribution in [2.75, 3.05) is 13.1 Å². The Balaban J connectivity index is 1.46. The number of hydrogen-bond acceptors (Lipinski definition) is 4. The number of benzene rings is 2. The van der Waals surface area contributed by atoms with Crippen LogP contribution in [0.3, 0.4) is 0 Å². The Morgan fingerprint density at radius 3 is 2.61 bits per heavy atom. The fourth-order valence-electron chi connectivity index (χ4n) is 4.83. The van der Waals surface area contributed by atoms with Gasteiger partial charge < -0.3 is 5.32 Å². The lowest BCUT2D eigenvalue weighted by Gasteiger charge is -2.26. The smallest absolute Gasteiger partial charge is 0.129 e. The van der Waals surface area contributed by atoms with Gasteiger partial charge in [0.1, 0.15) is 17.3 Å². The SMILES string of the molecule is Fc1ccccc1CCc1ncc2c(n1)C(C[C@H]1CCCNC1)C(c1c(Cl)cccc1Cl)=N2. The molecule has 0 spiro atoms. The average Bonchev–Trinajstić information content (AvgIpc) is 3.16. The minimum atomic E-state index is -0.194. The van der Waals surface area contributed by atoms with E-state index in [9.17, 15) is 4.39 Å². The molecule has 1 unspecified atom stereocenters. The molecule has 3 heterocycles. The highest BCUT2D eigenvalue weighted by Gasteiger charge is 2.34. The second-order valence-corrected chi connectivity index (χ2v) is 9.56. The summed E-state index contributed by atoms with van der Waals surface area (Å²) in [6.07, 6.45) is 6.16. The van der Waals surface area contributed by atoms with Crippen LogP contribution in [-0.2, 0) is 12.8 Å². The van der Waals surface area contributed by atoms with Gasteiger partial charge in [-0.2, -0.15) is 0 Å². The molecule has 1 N–H and O–H groups in total. The van der Waals surface area contributed by atoms with Crippen LogP contribution in [0.15, 0.2) is 53.7 Å². The van der Waals surface area contributed by atoms with Gasteiger partial charge in [-0.25, -0.2) is 19.4 Å². The first-order valence-electron chi connectivity index (χ1n) is 11.4. The van der Waals surface area contributed by atoms with Crippen LogP contribution in [0.4, 0.5) is 10.1 Å². The normalized spacial score (nSPS) is 19.9. The highest BCUT2D eigenvalue weighted by atomic mass is 35.5. The summed E-state index contributed by atoms with van der Waals surface area (Å²) >= 11 is 13.1. The Kier molecular flexibility index (Phi) is 6.72. The quantitative estimate of drug-likeness (QED) is 0.447. The average molecular weight is 483 g/mol. The van der Waals surface area contributed by atoms with E-state index in [2.05, 4.69) is 10.3 Å². The summed E-state index contributed by atoms with van der Waals surface area (Å²) in [5, 5.41) is 4.69. The number of aliphatic imine (C=N–C) groups is 1. The molecule has 5 rings (SSSR count). The molecule has 1 aromatic heterocycles. The van der Waals surface area contributed by atoms with Crippen LogP contribution in [-0.4, -0.2) is 28.8 Å². The van der Waals surface area contributed by atoms with E-state index in [0.29, 0.717) is 40.2 Å². The van der Waals surface area contributed by atoms with Gasteiger partial charge in [0.2, 0.25) is 0 Å². The third-order valence-electron chi connectivity index (χ3n) is 6.51. The first-order valence-corrected chi connectivity index (χ1v) is 12.2. The number of fused-ring (bicyclic) bond motifs is 1. The summed E-state index contributed by atoms with van der Waals surface area (Å²) in [7, 11) is 0. The van der Waals surface area contributed by atoms with E-state index in [4.69, 9.17) is 33.2 Å². The molecule has 2 aliphatic heterocycles. The van der Waals surface area contributed by atoms with Crippen LogP contribution in [0.25, 0.3) is 0 Å². The third kappa shape index (κ3) is 4.81. The lowest BCUT2D eigenvalue weighted by atomic mass is 9.83. The zero-order valence-electron chi connectivity index (χ0n) is 18.2. The van der Waals surface area contributed by atoms with Crippen molar-refractivity contribution in [3.63, 3.8) is 0 Å². The second-order valence-electron chi connectivity index (χ2n) is 8.74. The fourth-order valence-corrected chi connectivity index (χ4v) is 5.42. The molecule has 2 aliphatic rings. The van der Waals surface area contributed by atoms with E-state index in [1.165, 1.54) is 18.9 Å². The first kappa shape index (κ1) is 22.5. The second kappa shape index (κ2) is 9.88. The van der Waals surface area contributed by atoms with Crippen LogP contribution in [0.1, 0.15) is 47.8 Å². The standard InChI is InChI=1S/C26H25Cl2FN4/c27-19-7-3-8-20(28)24(19)26-18(13-16-5-4-12-30-14-16)25-22(32-26)15-31-23(33-25)11-10-17-6-1-2-9-21(17)29/h1-3,6-9,15-16,18,30H,4-5,10-14H2/t16-,18?/m1/s1. The van der Waals surface area contributed by atoms with Crippen molar-refractivity contribution in [2.24, 2.45) is 10.9 Å². The van der Waals surface area contributed by atoms with Crippen molar-refractivity contribution in [3.05, 3.63) is 87.2 Å². The lowest BCUT2D eigenvalue weighted by molar-refractivity contribution is 0.351. The molecule has 1 fully saturated rings. The molecular formula is C26H25Cl2FN4. The molecule has 170 valence electrons. The van der Waals surface area contributed by atoms with Crippen LogP contribution in [0.5, 0.6) is 0 Å². The van der Waals surface area contributed by atoms with Crippen molar-refractivity contribution >= 4 is 34.6 Å². The topological polar surface area (TPSA) is 50.2 Å². The third-order valence-corrected chi connectivity index (χ3v) is 7.14. The van der Waals surface area contributed by atoms with Crippen LogP contribution >= 0.6 is 23.2 Å². The Labute approximate surface area is 203 Å². The van der Waals surface area contributed by atoms with Crippen LogP contribution in [0, 0.1) is 11.7 Å². The summed E-state index contributed by atoms with van der Waals surface area (Å²) in [6.45, 7) is 2.05. The number of piperidine rings is 1. The Hall–Kier alpha value is -2.34. The van der Waals surface area contributed by atoms with Crippen molar-refractivity contribution in [2.45, 2.75) is 38.0 Å². The van der Waals surface area contributed by atoms with Crippen molar-refractivity contribution in [3.8, 4) is 0 Å². The molecule has 1 saturated heterocycles. The van der Waals surface area contributed by atoms with E-state index in [1.807, 2.05) is 30.3 Å². The highest BCUT2D eigenvalue weighted by molar-refractivity contribution is 6.40. The number of nitrogens with one attached hydrogen (secondary N) is 1. The molecule has 0 radical (unpaired) electrons. The van der Waals surface area contributed by atoms with E-state index < -0.39 is 0 Å². The maximum absolute atomic E-state index is 14.1. The maximum Gasteiger partial charge on any atom is 0.129 e. The van der Waals surface area contributed by atoms with E-state index in [-0.39, 0.29) is 11.7 Å². The Morgan fingerprint density at radius 2 is 1.85 bits per heavy atom. The number of halogens is 3. The molecule has 4 nitrogen and oxygen atoms in total. The van der Waals surface area contributed by atoms with Gasteiger partial charge in [-0.15, -0.1) is 0 Å². The molecular weight excluding hydrogens is 458 g/mol. The lowest BCUT2D eigenvalue weighted by Crippen LogP contribution is -2.31. The molecule has 3 aromatic rings.